The summed E-state index contributed by atoms with van der Waals surface area (Å²) < 4.78 is 24.8. The van der Waals surface area contributed by atoms with E-state index >= 15 is 0 Å². The summed E-state index contributed by atoms with van der Waals surface area (Å²) in [5.74, 6) is 0.313. The van der Waals surface area contributed by atoms with Gasteiger partial charge in [0.05, 0.1) is 17.0 Å². The molecule has 0 aliphatic carbocycles. The molecule has 0 fully saturated rings. The standard InChI is InChI=1S/C17H13ClN6O3S/c1-28(26,27)14-5-12(4-13(18)6-14)17(25)21-9-16-22-10-23-24(16)15-3-2-11(7-19)8-20-15/h2-6,8,10H,9H2,1H3,(H,21,25). The van der Waals surface area contributed by atoms with Crippen molar-refractivity contribution in [3.63, 3.8) is 0 Å². The second-order valence-electron chi connectivity index (χ2n) is 5.74. The van der Waals surface area contributed by atoms with Crippen molar-refractivity contribution in [2.75, 3.05) is 6.26 Å². The van der Waals surface area contributed by atoms with Crippen LogP contribution in [0.4, 0.5) is 0 Å². The molecule has 0 saturated heterocycles. The number of carbonyl (C=O) groups excluding carboxylic acids is 1. The molecule has 28 heavy (non-hydrogen) atoms. The normalized spacial score (nSPS) is 11.0. The Morgan fingerprint density at radius 2 is 2.07 bits per heavy atom. The molecule has 0 aliphatic rings. The van der Waals surface area contributed by atoms with Crippen LogP contribution in [0.3, 0.4) is 0 Å². The largest absolute Gasteiger partial charge is 0.345 e. The minimum absolute atomic E-state index is 0.0151. The van der Waals surface area contributed by atoms with Crippen molar-refractivity contribution in [3.05, 3.63) is 64.8 Å². The fraction of sp³-hybridized carbons (Fsp3) is 0.118. The highest BCUT2D eigenvalue weighted by Gasteiger charge is 2.15. The fourth-order valence-electron chi connectivity index (χ4n) is 2.32. The second kappa shape index (κ2) is 7.75. The van der Waals surface area contributed by atoms with Crippen LogP contribution in [-0.2, 0) is 16.4 Å². The van der Waals surface area contributed by atoms with Gasteiger partial charge in [0.1, 0.15) is 12.4 Å². The van der Waals surface area contributed by atoms with Crippen molar-refractivity contribution in [3.8, 4) is 11.9 Å². The SMILES string of the molecule is CS(=O)(=O)c1cc(Cl)cc(C(=O)NCc2ncnn2-c2ccc(C#N)cn2)c1. The lowest BCUT2D eigenvalue weighted by Gasteiger charge is -2.08. The van der Waals surface area contributed by atoms with E-state index in [9.17, 15) is 13.2 Å². The van der Waals surface area contributed by atoms with Gasteiger partial charge in [-0.1, -0.05) is 11.6 Å². The maximum absolute atomic E-state index is 12.4. The maximum atomic E-state index is 12.4. The molecular formula is C17H13ClN6O3S. The van der Waals surface area contributed by atoms with Crippen molar-refractivity contribution < 1.29 is 13.2 Å². The topological polar surface area (TPSA) is 131 Å². The molecule has 0 atom stereocenters. The Labute approximate surface area is 165 Å². The number of nitriles is 1. The van der Waals surface area contributed by atoms with Crippen molar-refractivity contribution in [1.82, 2.24) is 25.1 Å². The number of nitrogens with one attached hydrogen (secondary N) is 1. The zero-order chi connectivity index (χ0) is 20.3. The number of rotatable bonds is 5. The molecule has 142 valence electrons. The Bertz CT molecular complexity index is 1180. The molecular weight excluding hydrogens is 404 g/mol. The van der Waals surface area contributed by atoms with Crippen molar-refractivity contribution >= 4 is 27.3 Å². The summed E-state index contributed by atoms with van der Waals surface area (Å²) in [7, 11) is -3.51. The first kappa shape index (κ1) is 19.5. The summed E-state index contributed by atoms with van der Waals surface area (Å²) >= 11 is 5.93. The molecule has 3 aromatic rings. The van der Waals surface area contributed by atoms with Gasteiger partial charge in [0.2, 0.25) is 0 Å². The molecule has 9 nitrogen and oxygen atoms in total. The van der Waals surface area contributed by atoms with Gasteiger partial charge in [-0.25, -0.2) is 18.4 Å². The Hall–Kier alpha value is -3.29. The average molecular weight is 417 g/mol. The Balaban J connectivity index is 1.79. The minimum atomic E-state index is -3.51. The summed E-state index contributed by atoms with van der Waals surface area (Å²) in [5.41, 5.74) is 0.511. The van der Waals surface area contributed by atoms with Gasteiger partial charge < -0.3 is 5.32 Å². The summed E-state index contributed by atoms with van der Waals surface area (Å²) in [6.07, 6.45) is 3.74. The molecule has 0 unspecified atom stereocenters. The van der Waals surface area contributed by atoms with E-state index in [2.05, 4.69) is 20.4 Å². The molecule has 2 heterocycles. The first-order chi connectivity index (χ1) is 13.3. The average Bonchev–Trinajstić information content (AvgIpc) is 3.13. The van der Waals surface area contributed by atoms with Crippen LogP contribution in [-0.4, -0.2) is 40.3 Å². The van der Waals surface area contributed by atoms with E-state index in [-0.39, 0.29) is 22.0 Å². The summed E-state index contributed by atoms with van der Waals surface area (Å²) in [6.45, 7) is 0.0151. The van der Waals surface area contributed by atoms with Gasteiger partial charge >= 0.3 is 0 Å². The molecule has 0 aliphatic heterocycles. The van der Waals surface area contributed by atoms with E-state index < -0.39 is 15.7 Å². The van der Waals surface area contributed by atoms with Gasteiger partial charge in [-0.3, -0.25) is 4.79 Å². The Morgan fingerprint density at radius 1 is 1.29 bits per heavy atom. The molecule has 0 spiro atoms. The number of amides is 1. The zero-order valence-electron chi connectivity index (χ0n) is 14.5. The minimum Gasteiger partial charge on any atom is -0.345 e. The van der Waals surface area contributed by atoms with Crippen LogP contribution in [0.5, 0.6) is 0 Å². The number of aromatic nitrogens is 4. The predicted molar refractivity (Wildman–Crippen MR) is 99.6 cm³/mol. The summed E-state index contributed by atoms with van der Waals surface area (Å²) in [4.78, 5) is 20.6. The smallest absolute Gasteiger partial charge is 0.251 e. The lowest BCUT2D eigenvalue weighted by molar-refractivity contribution is 0.0949. The molecule has 11 heteroatoms. The van der Waals surface area contributed by atoms with Gasteiger partial charge in [-0.05, 0) is 30.3 Å². The number of carbonyl (C=O) groups is 1. The van der Waals surface area contributed by atoms with Crippen LogP contribution in [0.2, 0.25) is 5.02 Å². The molecule has 1 N–H and O–H groups in total. The third-order valence-corrected chi connectivity index (χ3v) is 4.99. The molecule has 3 rings (SSSR count). The third-order valence-electron chi connectivity index (χ3n) is 3.68. The summed E-state index contributed by atoms with van der Waals surface area (Å²) in [6, 6.07) is 9.07. The third kappa shape index (κ3) is 4.33. The van der Waals surface area contributed by atoms with E-state index in [0.717, 1.165) is 6.26 Å². The van der Waals surface area contributed by atoms with Gasteiger partial charge in [0, 0.05) is 23.0 Å². The fourth-order valence-corrected chi connectivity index (χ4v) is 3.31. The van der Waals surface area contributed by atoms with E-state index in [1.54, 1.807) is 12.1 Å². The van der Waals surface area contributed by atoms with Crippen LogP contribution in [0, 0.1) is 11.3 Å². The first-order valence-electron chi connectivity index (χ1n) is 7.82. The number of hydrogen-bond donors (Lipinski definition) is 1. The number of hydrogen-bond acceptors (Lipinski definition) is 7. The number of nitrogens with zero attached hydrogens (tertiary/aromatic N) is 5. The Morgan fingerprint density at radius 3 is 2.71 bits per heavy atom. The molecule has 0 bridgehead atoms. The van der Waals surface area contributed by atoms with Crippen molar-refractivity contribution in [1.29, 1.82) is 5.26 Å². The highest BCUT2D eigenvalue weighted by atomic mass is 35.5. The molecule has 1 aromatic carbocycles. The number of pyridine rings is 1. The molecule has 2 aromatic heterocycles. The molecule has 0 radical (unpaired) electrons. The van der Waals surface area contributed by atoms with Crippen LogP contribution in [0.1, 0.15) is 21.7 Å². The van der Waals surface area contributed by atoms with Crippen LogP contribution in [0.25, 0.3) is 5.82 Å². The quantitative estimate of drug-likeness (QED) is 0.667. The zero-order valence-corrected chi connectivity index (χ0v) is 16.1. The number of benzene rings is 1. The van der Waals surface area contributed by atoms with E-state index in [4.69, 9.17) is 16.9 Å². The number of sulfone groups is 1. The van der Waals surface area contributed by atoms with Crippen LogP contribution in [0.15, 0.2) is 47.8 Å². The Kier molecular flexibility index (Phi) is 5.39. The van der Waals surface area contributed by atoms with Crippen molar-refractivity contribution in [2.24, 2.45) is 0 Å². The number of halogens is 1. The predicted octanol–water partition coefficient (Wildman–Crippen LogP) is 1.52. The van der Waals surface area contributed by atoms with Gasteiger partial charge in [-0.2, -0.15) is 15.0 Å². The van der Waals surface area contributed by atoms with E-state index in [1.807, 2.05) is 6.07 Å². The van der Waals surface area contributed by atoms with Crippen LogP contribution < -0.4 is 5.32 Å². The molecule has 1 amide bonds. The lowest BCUT2D eigenvalue weighted by atomic mass is 10.2. The van der Waals surface area contributed by atoms with Gasteiger partial charge in [-0.15, -0.1) is 0 Å². The highest BCUT2D eigenvalue weighted by Crippen LogP contribution is 2.19. The molecule has 0 saturated carbocycles. The van der Waals surface area contributed by atoms with Gasteiger partial charge in [0.25, 0.3) is 5.91 Å². The second-order valence-corrected chi connectivity index (χ2v) is 8.19. The highest BCUT2D eigenvalue weighted by molar-refractivity contribution is 7.90. The summed E-state index contributed by atoms with van der Waals surface area (Å²) in [5, 5.41) is 15.7. The van der Waals surface area contributed by atoms with Crippen LogP contribution >= 0.6 is 11.6 Å². The van der Waals surface area contributed by atoms with E-state index in [0.29, 0.717) is 17.2 Å². The van der Waals surface area contributed by atoms with E-state index in [1.165, 1.54) is 35.4 Å². The first-order valence-corrected chi connectivity index (χ1v) is 10.1. The lowest BCUT2D eigenvalue weighted by Crippen LogP contribution is -2.25. The van der Waals surface area contributed by atoms with Crippen molar-refractivity contribution in [2.45, 2.75) is 11.4 Å². The monoisotopic (exact) mass is 416 g/mol. The maximum Gasteiger partial charge on any atom is 0.251 e. The van der Waals surface area contributed by atoms with Gasteiger partial charge in [0.15, 0.2) is 21.5 Å².